The fraction of sp³-hybridized carbons (Fsp3) is 0.286. The van der Waals surface area contributed by atoms with Crippen molar-refractivity contribution in [2.75, 3.05) is 7.11 Å². The lowest BCUT2D eigenvalue weighted by Crippen LogP contribution is -2.06. The topological polar surface area (TPSA) is 70.3 Å². The predicted octanol–water partition coefficient (Wildman–Crippen LogP) is 2.83. The van der Waals surface area contributed by atoms with Gasteiger partial charge in [0.15, 0.2) is 5.75 Å². The van der Waals surface area contributed by atoms with Gasteiger partial charge >= 0.3 is 5.97 Å². The van der Waals surface area contributed by atoms with Crippen molar-refractivity contribution in [3.63, 3.8) is 0 Å². The van der Waals surface area contributed by atoms with Crippen LogP contribution in [0.25, 0.3) is 5.57 Å². The highest BCUT2D eigenvalue weighted by atomic mass is 16.5. The van der Waals surface area contributed by atoms with Gasteiger partial charge in [-0.25, -0.2) is 4.79 Å². The number of carboxylic acids is 1. The summed E-state index contributed by atoms with van der Waals surface area (Å²) < 4.78 is 5.10. The lowest BCUT2D eigenvalue weighted by molar-refractivity contribution is 0.0693. The second-order valence-electron chi connectivity index (χ2n) is 4.11. The van der Waals surface area contributed by atoms with Crippen LogP contribution in [-0.2, 0) is 0 Å². The molecular formula is C14H13NO3. The van der Waals surface area contributed by atoms with Crippen LogP contribution in [0.2, 0.25) is 0 Å². The maximum absolute atomic E-state index is 11.4. The molecule has 18 heavy (non-hydrogen) atoms. The van der Waals surface area contributed by atoms with Crippen molar-refractivity contribution in [1.82, 2.24) is 0 Å². The minimum Gasteiger partial charge on any atom is -0.494 e. The number of benzene rings is 1. The van der Waals surface area contributed by atoms with Gasteiger partial charge in [-0.2, -0.15) is 5.26 Å². The summed E-state index contributed by atoms with van der Waals surface area (Å²) in [5.74, 6) is -0.915. The van der Waals surface area contributed by atoms with Crippen LogP contribution in [0.15, 0.2) is 18.2 Å². The van der Waals surface area contributed by atoms with Crippen LogP contribution in [0.4, 0.5) is 0 Å². The highest BCUT2D eigenvalue weighted by Crippen LogP contribution is 2.35. The molecule has 1 aromatic rings. The molecule has 4 nitrogen and oxygen atoms in total. The molecule has 0 saturated carbocycles. The molecule has 1 aromatic carbocycles. The van der Waals surface area contributed by atoms with Gasteiger partial charge in [0.2, 0.25) is 0 Å². The van der Waals surface area contributed by atoms with Gasteiger partial charge in [0.05, 0.1) is 12.7 Å². The Bertz CT molecular complexity index is 567. The first-order valence-electron chi connectivity index (χ1n) is 5.72. The van der Waals surface area contributed by atoms with E-state index in [-0.39, 0.29) is 16.9 Å². The van der Waals surface area contributed by atoms with E-state index in [1.807, 2.05) is 12.1 Å². The summed E-state index contributed by atoms with van der Waals surface area (Å²) in [6.07, 6.45) is 4.93. The minimum atomic E-state index is -1.06. The van der Waals surface area contributed by atoms with E-state index >= 15 is 0 Å². The first-order chi connectivity index (χ1) is 8.69. The van der Waals surface area contributed by atoms with Crippen LogP contribution in [0.3, 0.4) is 0 Å². The molecule has 0 heterocycles. The van der Waals surface area contributed by atoms with Crippen molar-refractivity contribution in [1.29, 1.82) is 5.26 Å². The standard InChI is InChI=1S/C14H13NO3/c1-18-13-10(8-15)6-7-11(12(13)14(16)17)9-4-2-3-5-9/h4,6-7H,2-3,5H2,1H3,(H,16,17). The Labute approximate surface area is 105 Å². The van der Waals surface area contributed by atoms with E-state index < -0.39 is 5.97 Å². The number of rotatable bonds is 3. The Morgan fingerprint density at radius 3 is 2.78 bits per heavy atom. The number of carbonyl (C=O) groups is 1. The van der Waals surface area contributed by atoms with Gasteiger partial charge in [-0.15, -0.1) is 0 Å². The summed E-state index contributed by atoms with van der Waals surface area (Å²) in [4.78, 5) is 11.4. The Morgan fingerprint density at radius 2 is 2.28 bits per heavy atom. The fourth-order valence-corrected chi connectivity index (χ4v) is 2.28. The number of nitrogens with zero attached hydrogens (tertiary/aromatic N) is 1. The summed E-state index contributed by atoms with van der Waals surface area (Å²) >= 11 is 0. The largest absolute Gasteiger partial charge is 0.494 e. The maximum atomic E-state index is 11.4. The Morgan fingerprint density at radius 1 is 1.50 bits per heavy atom. The van der Waals surface area contributed by atoms with E-state index in [0.717, 1.165) is 24.8 Å². The Balaban J connectivity index is 2.67. The summed E-state index contributed by atoms with van der Waals surface area (Å²) in [5, 5.41) is 18.3. The number of allylic oxidation sites excluding steroid dienone is 2. The van der Waals surface area contributed by atoms with E-state index in [9.17, 15) is 9.90 Å². The third-order valence-electron chi connectivity index (χ3n) is 3.08. The van der Waals surface area contributed by atoms with Crippen LogP contribution < -0.4 is 4.74 Å². The molecule has 0 bridgehead atoms. The van der Waals surface area contributed by atoms with Gasteiger partial charge in [-0.05, 0) is 36.5 Å². The van der Waals surface area contributed by atoms with Crippen molar-refractivity contribution >= 4 is 11.5 Å². The smallest absolute Gasteiger partial charge is 0.340 e. The van der Waals surface area contributed by atoms with Gasteiger partial charge in [-0.1, -0.05) is 12.1 Å². The van der Waals surface area contributed by atoms with Crippen LogP contribution in [0.5, 0.6) is 5.75 Å². The fourth-order valence-electron chi connectivity index (χ4n) is 2.28. The van der Waals surface area contributed by atoms with E-state index in [1.54, 1.807) is 12.1 Å². The zero-order chi connectivity index (χ0) is 13.1. The first kappa shape index (κ1) is 12.2. The van der Waals surface area contributed by atoms with Crippen LogP contribution in [-0.4, -0.2) is 18.2 Å². The van der Waals surface area contributed by atoms with Crippen molar-refractivity contribution in [2.45, 2.75) is 19.3 Å². The zero-order valence-corrected chi connectivity index (χ0v) is 10.1. The molecule has 0 saturated heterocycles. The van der Waals surface area contributed by atoms with Gasteiger partial charge in [-0.3, -0.25) is 0 Å². The average Bonchev–Trinajstić information content (AvgIpc) is 2.90. The zero-order valence-electron chi connectivity index (χ0n) is 10.1. The molecule has 0 amide bonds. The minimum absolute atomic E-state index is 0.0877. The third-order valence-corrected chi connectivity index (χ3v) is 3.08. The van der Waals surface area contributed by atoms with Gasteiger partial charge in [0.25, 0.3) is 0 Å². The normalized spacial score (nSPS) is 13.9. The molecule has 0 fully saturated rings. The third kappa shape index (κ3) is 1.95. The second kappa shape index (κ2) is 4.92. The number of hydrogen-bond acceptors (Lipinski definition) is 3. The average molecular weight is 243 g/mol. The molecule has 0 atom stereocenters. The SMILES string of the molecule is COc1c(C#N)ccc(C2=CCCC2)c1C(=O)O. The quantitative estimate of drug-likeness (QED) is 0.886. The number of hydrogen-bond donors (Lipinski definition) is 1. The Hall–Kier alpha value is -2.28. The molecule has 1 aliphatic carbocycles. The maximum Gasteiger partial charge on any atom is 0.340 e. The number of methoxy groups -OCH3 is 1. The second-order valence-corrected chi connectivity index (χ2v) is 4.11. The summed E-state index contributed by atoms with van der Waals surface area (Å²) in [6.45, 7) is 0. The van der Waals surface area contributed by atoms with Crippen LogP contribution in [0, 0.1) is 11.3 Å². The number of carboxylic acid groups (broad SMARTS) is 1. The van der Waals surface area contributed by atoms with Crippen molar-refractivity contribution in [2.24, 2.45) is 0 Å². The van der Waals surface area contributed by atoms with E-state index in [0.29, 0.717) is 5.56 Å². The monoisotopic (exact) mass is 243 g/mol. The van der Waals surface area contributed by atoms with Gasteiger partial charge < -0.3 is 9.84 Å². The molecule has 1 N–H and O–H groups in total. The van der Waals surface area contributed by atoms with Crippen molar-refractivity contribution < 1.29 is 14.6 Å². The number of aromatic carboxylic acids is 1. The highest BCUT2D eigenvalue weighted by Gasteiger charge is 2.22. The molecule has 0 aliphatic heterocycles. The first-order valence-corrected chi connectivity index (χ1v) is 5.72. The van der Waals surface area contributed by atoms with E-state index in [4.69, 9.17) is 10.00 Å². The van der Waals surface area contributed by atoms with E-state index in [1.165, 1.54) is 7.11 Å². The number of ether oxygens (including phenoxy) is 1. The van der Waals surface area contributed by atoms with Crippen LogP contribution in [0.1, 0.15) is 40.7 Å². The lowest BCUT2D eigenvalue weighted by atomic mass is 9.96. The molecule has 0 unspecified atom stereocenters. The highest BCUT2D eigenvalue weighted by molar-refractivity contribution is 5.98. The molecule has 92 valence electrons. The molecular weight excluding hydrogens is 230 g/mol. The molecule has 4 heteroatoms. The van der Waals surface area contributed by atoms with Crippen LogP contribution >= 0.6 is 0 Å². The Kier molecular flexibility index (Phi) is 3.33. The summed E-state index contributed by atoms with van der Waals surface area (Å²) in [5.41, 5.74) is 2.02. The van der Waals surface area contributed by atoms with Gasteiger partial charge in [0.1, 0.15) is 11.6 Å². The molecule has 0 aromatic heterocycles. The van der Waals surface area contributed by atoms with Gasteiger partial charge in [0, 0.05) is 0 Å². The molecule has 0 spiro atoms. The lowest BCUT2D eigenvalue weighted by Gasteiger charge is -2.12. The molecule has 2 rings (SSSR count). The van der Waals surface area contributed by atoms with Crippen molar-refractivity contribution in [3.05, 3.63) is 34.9 Å². The molecule has 1 aliphatic rings. The predicted molar refractivity (Wildman–Crippen MR) is 66.5 cm³/mol. The number of nitriles is 1. The molecule has 0 radical (unpaired) electrons. The van der Waals surface area contributed by atoms with E-state index in [2.05, 4.69) is 0 Å². The summed E-state index contributed by atoms with van der Waals surface area (Å²) in [6, 6.07) is 5.26. The summed E-state index contributed by atoms with van der Waals surface area (Å²) in [7, 11) is 1.38. The van der Waals surface area contributed by atoms with Crippen molar-refractivity contribution in [3.8, 4) is 11.8 Å².